The van der Waals surface area contributed by atoms with Gasteiger partial charge in [0, 0.05) is 17.3 Å². The normalized spacial score (nSPS) is 14.7. The SMILES string of the molecule is CN1/C(=C(\C#N)C(=O)CSc2ccc3ccccc3n2)Sc2ccccc21. The zero-order valence-corrected chi connectivity index (χ0v) is 16.2. The van der Waals surface area contributed by atoms with Crippen molar-refractivity contribution in [2.24, 2.45) is 0 Å². The van der Waals surface area contributed by atoms with Crippen LogP contribution in [0.2, 0.25) is 0 Å². The van der Waals surface area contributed by atoms with Crippen LogP contribution < -0.4 is 4.90 Å². The van der Waals surface area contributed by atoms with Crippen molar-refractivity contribution < 1.29 is 4.79 Å². The van der Waals surface area contributed by atoms with Gasteiger partial charge in [-0.15, -0.1) is 0 Å². The lowest BCUT2D eigenvalue weighted by molar-refractivity contribution is -0.112. The van der Waals surface area contributed by atoms with Gasteiger partial charge in [0.05, 0.1) is 22.0 Å². The highest BCUT2D eigenvalue weighted by molar-refractivity contribution is 8.03. The third-order valence-corrected chi connectivity index (χ3v) is 6.43. The maximum atomic E-state index is 12.7. The van der Waals surface area contributed by atoms with Gasteiger partial charge in [0.1, 0.15) is 16.7 Å². The average molecular weight is 390 g/mol. The number of hydrogen-bond donors (Lipinski definition) is 0. The van der Waals surface area contributed by atoms with Gasteiger partial charge in [-0.2, -0.15) is 5.26 Å². The minimum Gasteiger partial charge on any atom is -0.337 e. The van der Waals surface area contributed by atoms with Gasteiger partial charge in [0.15, 0.2) is 5.78 Å². The number of Topliss-reactive ketones (excluding diaryl/α,β-unsaturated/α-hetero) is 1. The van der Waals surface area contributed by atoms with Crippen LogP contribution in [-0.4, -0.2) is 23.6 Å². The first-order valence-electron chi connectivity index (χ1n) is 8.34. The summed E-state index contributed by atoms with van der Waals surface area (Å²) in [6, 6.07) is 21.8. The van der Waals surface area contributed by atoms with Crippen LogP contribution in [0.1, 0.15) is 0 Å². The Kier molecular flexibility index (Phi) is 4.88. The van der Waals surface area contributed by atoms with E-state index in [1.165, 1.54) is 23.5 Å². The van der Waals surface area contributed by atoms with E-state index in [1.807, 2.05) is 72.6 Å². The van der Waals surface area contributed by atoms with E-state index in [2.05, 4.69) is 11.1 Å². The number of nitriles is 1. The number of hydrogen-bond acceptors (Lipinski definition) is 6. The molecule has 0 spiro atoms. The van der Waals surface area contributed by atoms with Crippen LogP contribution in [0.5, 0.6) is 0 Å². The van der Waals surface area contributed by atoms with Crippen molar-refractivity contribution in [2.45, 2.75) is 9.92 Å². The molecule has 6 heteroatoms. The quantitative estimate of drug-likeness (QED) is 0.360. The van der Waals surface area contributed by atoms with Gasteiger partial charge in [-0.25, -0.2) is 4.98 Å². The van der Waals surface area contributed by atoms with E-state index in [9.17, 15) is 10.1 Å². The Bertz CT molecular complexity index is 1120. The molecule has 2 heterocycles. The molecule has 0 bridgehead atoms. The van der Waals surface area contributed by atoms with E-state index in [4.69, 9.17) is 0 Å². The third kappa shape index (κ3) is 3.44. The van der Waals surface area contributed by atoms with Crippen LogP contribution in [0, 0.1) is 11.3 Å². The number of para-hydroxylation sites is 2. The number of nitrogens with zero attached hydrogens (tertiary/aromatic N) is 3. The molecule has 0 fully saturated rings. The summed E-state index contributed by atoms with van der Waals surface area (Å²) in [5.74, 6) is 0.00210. The molecule has 27 heavy (non-hydrogen) atoms. The highest BCUT2D eigenvalue weighted by atomic mass is 32.2. The second-order valence-corrected chi connectivity index (χ2v) is 8.00. The second kappa shape index (κ2) is 7.47. The maximum Gasteiger partial charge on any atom is 0.186 e. The van der Waals surface area contributed by atoms with Crippen molar-refractivity contribution in [1.82, 2.24) is 4.98 Å². The molecule has 0 unspecified atom stereocenters. The van der Waals surface area contributed by atoms with E-state index >= 15 is 0 Å². The monoisotopic (exact) mass is 389 g/mol. The molecule has 0 N–H and O–H groups in total. The summed E-state index contributed by atoms with van der Waals surface area (Å²) in [5, 5.41) is 12.1. The van der Waals surface area contributed by atoms with Crippen LogP contribution in [0.15, 0.2) is 81.2 Å². The maximum absolute atomic E-state index is 12.7. The zero-order valence-electron chi connectivity index (χ0n) is 14.5. The number of anilines is 1. The lowest BCUT2D eigenvalue weighted by Gasteiger charge is -2.14. The number of ketones is 1. The number of aromatic nitrogens is 1. The molecule has 0 aliphatic carbocycles. The van der Waals surface area contributed by atoms with Crippen LogP contribution in [0.4, 0.5) is 5.69 Å². The first-order valence-corrected chi connectivity index (χ1v) is 10.1. The summed E-state index contributed by atoms with van der Waals surface area (Å²) in [6.07, 6.45) is 0. The van der Waals surface area contributed by atoms with Gasteiger partial charge in [-0.3, -0.25) is 4.79 Å². The molecular weight excluding hydrogens is 374 g/mol. The molecule has 0 radical (unpaired) electrons. The van der Waals surface area contributed by atoms with Crippen LogP contribution in [0.25, 0.3) is 10.9 Å². The Morgan fingerprint density at radius 2 is 1.93 bits per heavy atom. The summed E-state index contributed by atoms with van der Waals surface area (Å²) in [6.45, 7) is 0. The number of benzene rings is 2. The zero-order chi connectivity index (χ0) is 18.8. The molecule has 1 aliphatic rings. The second-order valence-electron chi connectivity index (χ2n) is 5.97. The molecule has 4 nitrogen and oxygen atoms in total. The molecule has 0 amide bonds. The molecule has 1 aliphatic heterocycles. The molecule has 3 aromatic rings. The molecule has 0 atom stereocenters. The Labute approximate surface area is 165 Å². The Morgan fingerprint density at radius 3 is 2.74 bits per heavy atom. The molecule has 2 aromatic carbocycles. The summed E-state index contributed by atoms with van der Waals surface area (Å²) in [7, 11) is 1.89. The van der Waals surface area contributed by atoms with E-state index in [0.717, 1.165) is 26.5 Å². The van der Waals surface area contributed by atoms with Crippen LogP contribution in [-0.2, 0) is 4.79 Å². The summed E-state index contributed by atoms with van der Waals surface area (Å²) >= 11 is 2.82. The first-order chi connectivity index (χ1) is 13.2. The standard InChI is InChI=1S/C21H15N3OS2/c1-24-17-8-4-5-9-19(17)27-21(24)15(12-22)18(25)13-26-20-11-10-14-6-2-3-7-16(14)23-20/h2-11H,13H2,1H3/b21-15-. The van der Waals surface area contributed by atoms with E-state index < -0.39 is 0 Å². The molecule has 132 valence electrons. The van der Waals surface area contributed by atoms with Crippen molar-refractivity contribution in [3.63, 3.8) is 0 Å². The number of carbonyl (C=O) groups excluding carboxylic acids is 1. The van der Waals surface area contributed by atoms with Crippen molar-refractivity contribution in [1.29, 1.82) is 5.26 Å². The van der Waals surface area contributed by atoms with Gasteiger partial charge < -0.3 is 4.90 Å². The number of fused-ring (bicyclic) bond motifs is 2. The molecule has 0 saturated heterocycles. The smallest absolute Gasteiger partial charge is 0.186 e. The van der Waals surface area contributed by atoms with E-state index in [-0.39, 0.29) is 17.1 Å². The van der Waals surface area contributed by atoms with E-state index in [0.29, 0.717) is 5.03 Å². The Morgan fingerprint density at radius 1 is 1.15 bits per heavy atom. The lowest BCUT2D eigenvalue weighted by atomic mass is 10.2. The van der Waals surface area contributed by atoms with Crippen LogP contribution >= 0.6 is 23.5 Å². The van der Waals surface area contributed by atoms with Gasteiger partial charge in [-0.1, -0.05) is 59.9 Å². The predicted molar refractivity (Wildman–Crippen MR) is 111 cm³/mol. The van der Waals surface area contributed by atoms with Crippen LogP contribution in [0.3, 0.4) is 0 Å². The topological polar surface area (TPSA) is 57.0 Å². The minimum atomic E-state index is -0.181. The van der Waals surface area contributed by atoms with Gasteiger partial charge in [0.2, 0.25) is 0 Å². The number of rotatable bonds is 4. The highest BCUT2D eigenvalue weighted by Gasteiger charge is 2.27. The first kappa shape index (κ1) is 17.7. The molecule has 4 rings (SSSR count). The van der Waals surface area contributed by atoms with Gasteiger partial charge >= 0.3 is 0 Å². The summed E-state index contributed by atoms with van der Waals surface area (Å²) in [5.41, 5.74) is 2.12. The predicted octanol–water partition coefficient (Wildman–Crippen LogP) is 4.87. The lowest BCUT2D eigenvalue weighted by Crippen LogP contribution is -2.16. The number of thioether (sulfide) groups is 2. The van der Waals surface area contributed by atoms with Crippen molar-refractivity contribution in [2.75, 3.05) is 17.7 Å². The van der Waals surface area contributed by atoms with Crippen molar-refractivity contribution in [3.05, 3.63) is 71.3 Å². The minimum absolute atomic E-state index is 0.181. The fourth-order valence-corrected chi connectivity index (χ4v) is 4.80. The third-order valence-electron chi connectivity index (χ3n) is 4.27. The van der Waals surface area contributed by atoms with Gasteiger partial charge in [0.25, 0.3) is 0 Å². The Hall–Kier alpha value is -2.75. The molecule has 0 saturated carbocycles. The Balaban J connectivity index is 1.54. The van der Waals surface area contributed by atoms with E-state index in [1.54, 1.807) is 0 Å². The fourth-order valence-electron chi connectivity index (χ4n) is 2.89. The number of allylic oxidation sites excluding steroid dienone is 1. The van der Waals surface area contributed by atoms with Gasteiger partial charge in [-0.05, 0) is 24.3 Å². The summed E-state index contributed by atoms with van der Waals surface area (Å²) in [4.78, 5) is 20.3. The van der Waals surface area contributed by atoms with Crippen molar-refractivity contribution in [3.8, 4) is 6.07 Å². The number of carbonyl (C=O) groups is 1. The summed E-state index contributed by atoms with van der Waals surface area (Å²) < 4.78 is 0. The van der Waals surface area contributed by atoms with Crippen molar-refractivity contribution >= 4 is 45.9 Å². The number of pyridine rings is 1. The largest absolute Gasteiger partial charge is 0.337 e. The molecule has 1 aromatic heterocycles. The fraction of sp³-hybridized carbons (Fsp3) is 0.0952. The average Bonchev–Trinajstić information content (AvgIpc) is 3.03. The molecular formula is C21H15N3OS2. The highest BCUT2D eigenvalue weighted by Crippen LogP contribution is 2.46.